The first-order valence-corrected chi connectivity index (χ1v) is 8.27. The SMILES string of the molecule is c1coc(N2CCC(c3nnc4cc5c(nn34)CCC5)CC2)n1. The van der Waals surface area contributed by atoms with Gasteiger partial charge < -0.3 is 9.32 Å². The van der Waals surface area contributed by atoms with Crippen LogP contribution >= 0.6 is 0 Å². The van der Waals surface area contributed by atoms with E-state index in [9.17, 15) is 0 Å². The van der Waals surface area contributed by atoms with Gasteiger partial charge in [-0.15, -0.1) is 10.2 Å². The number of aryl methyl sites for hydroxylation is 2. The van der Waals surface area contributed by atoms with E-state index < -0.39 is 0 Å². The standard InChI is InChI=1S/C16H18N6O/c1-2-12-10-14-18-19-15(22(14)20-13(12)3-1)11-4-7-21(8-5-11)16-17-6-9-23-16/h6,9-11H,1-5,7-8H2. The van der Waals surface area contributed by atoms with Crippen molar-refractivity contribution in [2.24, 2.45) is 0 Å². The molecule has 4 heterocycles. The Bertz CT molecular complexity index is 832. The van der Waals surface area contributed by atoms with Crippen LogP contribution in [0.5, 0.6) is 0 Å². The number of aromatic nitrogens is 5. The van der Waals surface area contributed by atoms with Crippen molar-refractivity contribution in [1.29, 1.82) is 0 Å². The summed E-state index contributed by atoms with van der Waals surface area (Å²) in [6.45, 7) is 1.84. The first kappa shape index (κ1) is 13.0. The Morgan fingerprint density at radius 1 is 1.13 bits per heavy atom. The second-order valence-corrected chi connectivity index (χ2v) is 6.37. The summed E-state index contributed by atoms with van der Waals surface area (Å²) < 4.78 is 7.36. The van der Waals surface area contributed by atoms with Gasteiger partial charge in [0.05, 0.1) is 11.9 Å². The largest absolute Gasteiger partial charge is 0.432 e. The van der Waals surface area contributed by atoms with E-state index in [4.69, 9.17) is 9.52 Å². The lowest BCUT2D eigenvalue weighted by atomic mass is 9.96. The van der Waals surface area contributed by atoms with E-state index in [0.717, 1.165) is 50.2 Å². The molecule has 3 aromatic heterocycles. The predicted molar refractivity (Wildman–Crippen MR) is 83.5 cm³/mol. The van der Waals surface area contributed by atoms with Crippen molar-refractivity contribution in [3.05, 3.63) is 35.6 Å². The van der Waals surface area contributed by atoms with Gasteiger partial charge in [-0.2, -0.15) is 9.61 Å². The monoisotopic (exact) mass is 310 g/mol. The molecule has 1 aliphatic heterocycles. The molecule has 1 aliphatic carbocycles. The van der Waals surface area contributed by atoms with Crippen LogP contribution in [0.25, 0.3) is 5.65 Å². The molecule has 0 saturated carbocycles. The summed E-state index contributed by atoms with van der Waals surface area (Å²) in [5.41, 5.74) is 3.45. The summed E-state index contributed by atoms with van der Waals surface area (Å²) >= 11 is 0. The lowest BCUT2D eigenvalue weighted by molar-refractivity contribution is 0.442. The molecule has 0 amide bonds. The van der Waals surface area contributed by atoms with Gasteiger partial charge in [-0.1, -0.05) is 0 Å². The molecular formula is C16H18N6O. The van der Waals surface area contributed by atoms with Crippen LogP contribution < -0.4 is 4.90 Å². The average Bonchev–Trinajstić information content (AvgIpc) is 3.33. The number of hydrogen-bond acceptors (Lipinski definition) is 6. The van der Waals surface area contributed by atoms with Gasteiger partial charge >= 0.3 is 0 Å². The molecule has 7 nitrogen and oxygen atoms in total. The molecule has 7 heteroatoms. The van der Waals surface area contributed by atoms with Crippen molar-refractivity contribution < 1.29 is 4.42 Å². The van der Waals surface area contributed by atoms with Gasteiger partial charge in [-0.05, 0) is 43.7 Å². The highest BCUT2D eigenvalue weighted by atomic mass is 16.4. The normalized spacial score (nSPS) is 18.7. The average molecular weight is 310 g/mol. The zero-order valence-corrected chi connectivity index (χ0v) is 12.9. The van der Waals surface area contributed by atoms with Gasteiger partial charge in [-0.3, -0.25) is 0 Å². The maximum atomic E-state index is 5.39. The van der Waals surface area contributed by atoms with Gasteiger partial charge in [0.2, 0.25) is 0 Å². The van der Waals surface area contributed by atoms with Gasteiger partial charge in [0, 0.05) is 19.0 Å². The molecular weight excluding hydrogens is 292 g/mol. The number of hydrogen-bond donors (Lipinski definition) is 0. The quantitative estimate of drug-likeness (QED) is 0.721. The molecule has 0 radical (unpaired) electrons. The number of piperidine rings is 1. The molecule has 2 aliphatic rings. The molecule has 1 saturated heterocycles. The lowest BCUT2D eigenvalue weighted by Gasteiger charge is -2.29. The lowest BCUT2D eigenvalue weighted by Crippen LogP contribution is -2.33. The van der Waals surface area contributed by atoms with E-state index in [1.807, 2.05) is 4.52 Å². The van der Waals surface area contributed by atoms with Crippen LogP contribution in [0.3, 0.4) is 0 Å². The minimum absolute atomic E-state index is 0.392. The summed E-state index contributed by atoms with van der Waals surface area (Å²) in [6, 6.07) is 2.87. The maximum Gasteiger partial charge on any atom is 0.297 e. The molecule has 3 aromatic rings. The number of rotatable bonds is 2. The molecule has 0 bridgehead atoms. The van der Waals surface area contributed by atoms with Crippen molar-refractivity contribution in [3.63, 3.8) is 0 Å². The zero-order valence-electron chi connectivity index (χ0n) is 12.9. The third-order valence-corrected chi connectivity index (χ3v) is 4.99. The van der Waals surface area contributed by atoms with Crippen LogP contribution in [0.4, 0.5) is 6.01 Å². The molecule has 0 N–H and O–H groups in total. The summed E-state index contributed by atoms with van der Waals surface area (Å²) in [7, 11) is 0. The Hall–Kier alpha value is -2.44. The van der Waals surface area contributed by atoms with Crippen molar-refractivity contribution in [2.75, 3.05) is 18.0 Å². The third kappa shape index (κ3) is 2.10. The molecule has 118 valence electrons. The van der Waals surface area contributed by atoms with Crippen LogP contribution in [0, 0.1) is 0 Å². The fraction of sp³-hybridized carbons (Fsp3) is 0.500. The smallest absolute Gasteiger partial charge is 0.297 e. The number of fused-ring (bicyclic) bond motifs is 2. The Labute approximate surface area is 133 Å². The second-order valence-electron chi connectivity index (χ2n) is 6.37. The predicted octanol–water partition coefficient (Wildman–Crippen LogP) is 1.98. The summed E-state index contributed by atoms with van der Waals surface area (Å²) in [6.07, 6.45) is 8.74. The summed E-state index contributed by atoms with van der Waals surface area (Å²) in [4.78, 5) is 6.42. The Balaban J connectivity index is 1.41. The van der Waals surface area contributed by atoms with Crippen LogP contribution in [-0.4, -0.2) is 37.9 Å². The van der Waals surface area contributed by atoms with Crippen molar-refractivity contribution in [2.45, 2.75) is 38.0 Å². The van der Waals surface area contributed by atoms with E-state index >= 15 is 0 Å². The van der Waals surface area contributed by atoms with Gasteiger partial charge in [-0.25, -0.2) is 4.98 Å². The summed E-state index contributed by atoms with van der Waals surface area (Å²) in [5, 5.41) is 13.6. The Kier molecular flexibility index (Phi) is 2.86. The highest BCUT2D eigenvalue weighted by Crippen LogP contribution is 2.30. The van der Waals surface area contributed by atoms with Crippen LogP contribution in [0.1, 0.15) is 42.3 Å². The molecule has 0 spiro atoms. The minimum atomic E-state index is 0.392. The van der Waals surface area contributed by atoms with Gasteiger partial charge in [0.15, 0.2) is 11.5 Å². The highest BCUT2D eigenvalue weighted by Gasteiger charge is 2.27. The fourth-order valence-corrected chi connectivity index (χ4v) is 3.75. The van der Waals surface area contributed by atoms with E-state index in [0.29, 0.717) is 11.9 Å². The molecule has 5 rings (SSSR count). The number of oxazole rings is 1. The zero-order chi connectivity index (χ0) is 15.2. The van der Waals surface area contributed by atoms with Crippen molar-refractivity contribution >= 4 is 11.7 Å². The fourth-order valence-electron chi connectivity index (χ4n) is 3.75. The highest BCUT2D eigenvalue weighted by molar-refractivity contribution is 5.43. The maximum absolute atomic E-state index is 5.39. The van der Waals surface area contributed by atoms with Crippen LogP contribution in [0.2, 0.25) is 0 Å². The third-order valence-electron chi connectivity index (χ3n) is 4.99. The molecule has 23 heavy (non-hydrogen) atoms. The number of nitrogens with zero attached hydrogens (tertiary/aromatic N) is 6. The number of anilines is 1. The Morgan fingerprint density at radius 2 is 2.04 bits per heavy atom. The molecule has 0 unspecified atom stereocenters. The molecule has 0 atom stereocenters. The molecule has 0 aromatic carbocycles. The summed E-state index contributed by atoms with van der Waals surface area (Å²) in [5.74, 6) is 1.39. The van der Waals surface area contributed by atoms with Crippen LogP contribution in [0.15, 0.2) is 22.9 Å². The van der Waals surface area contributed by atoms with Gasteiger partial charge in [0.25, 0.3) is 6.01 Å². The van der Waals surface area contributed by atoms with E-state index in [1.165, 1.54) is 17.7 Å². The second kappa shape index (κ2) is 5.04. The minimum Gasteiger partial charge on any atom is -0.432 e. The van der Waals surface area contributed by atoms with Crippen molar-refractivity contribution in [1.82, 2.24) is 24.8 Å². The van der Waals surface area contributed by atoms with E-state index in [1.54, 1.807) is 12.5 Å². The first-order chi connectivity index (χ1) is 11.4. The van der Waals surface area contributed by atoms with Crippen LogP contribution in [-0.2, 0) is 12.8 Å². The van der Waals surface area contributed by atoms with E-state index in [2.05, 4.69) is 26.1 Å². The van der Waals surface area contributed by atoms with Crippen molar-refractivity contribution in [3.8, 4) is 0 Å². The molecule has 1 fully saturated rings. The first-order valence-electron chi connectivity index (χ1n) is 8.27. The Morgan fingerprint density at radius 3 is 2.87 bits per heavy atom. The van der Waals surface area contributed by atoms with Gasteiger partial charge in [0.1, 0.15) is 6.26 Å². The topological polar surface area (TPSA) is 72.4 Å². The van der Waals surface area contributed by atoms with E-state index in [-0.39, 0.29) is 0 Å².